The van der Waals surface area contributed by atoms with E-state index in [-0.39, 0.29) is 17.7 Å². The molecule has 0 bridgehead atoms. The van der Waals surface area contributed by atoms with Crippen LogP contribution in [-0.4, -0.2) is 59.0 Å². The van der Waals surface area contributed by atoms with Gasteiger partial charge in [0.25, 0.3) is 0 Å². The Morgan fingerprint density at radius 2 is 1.70 bits per heavy atom. The molecule has 1 saturated carbocycles. The first-order chi connectivity index (χ1) is 9.65. The van der Waals surface area contributed by atoms with Crippen LogP contribution in [0, 0.1) is 11.8 Å². The lowest BCUT2D eigenvalue weighted by Gasteiger charge is -2.27. The predicted octanol–water partition coefficient (Wildman–Crippen LogP) is 1.18. The van der Waals surface area contributed by atoms with Gasteiger partial charge in [-0.1, -0.05) is 0 Å². The van der Waals surface area contributed by atoms with Gasteiger partial charge in [0.15, 0.2) is 0 Å². The summed E-state index contributed by atoms with van der Waals surface area (Å²) in [5.41, 5.74) is 0. The van der Waals surface area contributed by atoms with Crippen molar-refractivity contribution in [1.82, 2.24) is 9.80 Å². The number of hydrogen-bond acceptors (Lipinski definition) is 3. The maximum atomic E-state index is 12.6. The monoisotopic (exact) mass is 280 g/mol. The summed E-state index contributed by atoms with van der Waals surface area (Å²) < 4.78 is 0. The lowest BCUT2D eigenvalue weighted by atomic mass is 10.0. The third-order valence-corrected chi connectivity index (χ3v) is 5.25. The van der Waals surface area contributed by atoms with Crippen molar-refractivity contribution in [2.24, 2.45) is 11.8 Å². The Labute approximate surface area is 119 Å². The van der Waals surface area contributed by atoms with Crippen LogP contribution >= 0.6 is 0 Å². The molecule has 2 saturated heterocycles. The molecular formula is C15H24N2O3. The van der Waals surface area contributed by atoms with Crippen molar-refractivity contribution < 1.29 is 14.7 Å². The molecule has 5 nitrogen and oxygen atoms in total. The van der Waals surface area contributed by atoms with E-state index in [0.717, 1.165) is 32.5 Å². The molecule has 1 aliphatic carbocycles. The van der Waals surface area contributed by atoms with Crippen LogP contribution in [0.25, 0.3) is 0 Å². The van der Waals surface area contributed by atoms with Gasteiger partial charge >= 0.3 is 5.97 Å². The molecule has 3 aliphatic rings. The minimum Gasteiger partial charge on any atom is -0.481 e. The Kier molecular flexibility index (Phi) is 3.96. The first kappa shape index (κ1) is 13.9. The maximum Gasteiger partial charge on any atom is 0.306 e. The summed E-state index contributed by atoms with van der Waals surface area (Å²) in [5, 5.41) is 9.06. The van der Waals surface area contributed by atoms with Gasteiger partial charge in [-0.15, -0.1) is 0 Å². The number of carboxylic acids is 1. The normalized spacial score (nSPS) is 34.8. The van der Waals surface area contributed by atoms with Crippen molar-refractivity contribution in [3.05, 3.63) is 0 Å². The van der Waals surface area contributed by atoms with Crippen LogP contribution in [0.5, 0.6) is 0 Å². The van der Waals surface area contributed by atoms with Gasteiger partial charge in [-0.2, -0.15) is 0 Å². The number of aliphatic carboxylic acids is 1. The molecule has 112 valence electrons. The first-order valence-corrected chi connectivity index (χ1v) is 7.91. The molecule has 5 heteroatoms. The fraction of sp³-hybridized carbons (Fsp3) is 0.867. The van der Waals surface area contributed by atoms with E-state index in [1.54, 1.807) is 0 Å². The Morgan fingerprint density at radius 3 is 2.45 bits per heavy atom. The number of hydrogen-bond donors (Lipinski definition) is 1. The third-order valence-electron chi connectivity index (χ3n) is 5.25. The highest BCUT2D eigenvalue weighted by Crippen LogP contribution is 2.33. The zero-order chi connectivity index (χ0) is 14.1. The van der Waals surface area contributed by atoms with Crippen LogP contribution in [0.3, 0.4) is 0 Å². The van der Waals surface area contributed by atoms with E-state index in [0.29, 0.717) is 18.9 Å². The fourth-order valence-corrected chi connectivity index (χ4v) is 4.10. The Balaban J connectivity index is 1.60. The number of nitrogens with zero attached hydrogens (tertiary/aromatic N) is 2. The van der Waals surface area contributed by atoms with Gasteiger partial charge in [0, 0.05) is 31.6 Å². The van der Waals surface area contributed by atoms with Crippen molar-refractivity contribution in [3.8, 4) is 0 Å². The zero-order valence-corrected chi connectivity index (χ0v) is 12.0. The Bertz CT molecular complexity index is 399. The lowest BCUT2D eigenvalue weighted by molar-refractivity contribution is -0.141. The highest BCUT2D eigenvalue weighted by molar-refractivity contribution is 5.81. The molecule has 1 amide bonds. The lowest BCUT2D eigenvalue weighted by Crippen LogP contribution is -2.42. The highest BCUT2D eigenvalue weighted by Gasteiger charge is 2.38. The molecule has 0 spiro atoms. The van der Waals surface area contributed by atoms with E-state index >= 15 is 0 Å². The first-order valence-electron chi connectivity index (χ1n) is 7.91. The molecule has 3 rings (SSSR count). The van der Waals surface area contributed by atoms with Gasteiger partial charge in [-0.3, -0.25) is 14.5 Å². The highest BCUT2D eigenvalue weighted by atomic mass is 16.4. The second-order valence-corrected chi connectivity index (χ2v) is 6.51. The van der Waals surface area contributed by atoms with Crippen LogP contribution in [0.1, 0.15) is 38.5 Å². The summed E-state index contributed by atoms with van der Waals surface area (Å²) in [6, 6.07) is 0.540. The van der Waals surface area contributed by atoms with Crippen LogP contribution < -0.4 is 0 Å². The van der Waals surface area contributed by atoms with Gasteiger partial charge in [0.2, 0.25) is 5.91 Å². The molecule has 2 aliphatic heterocycles. The Hall–Kier alpha value is -1.10. The summed E-state index contributed by atoms with van der Waals surface area (Å²) >= 11 is 0. The van der Waals surface area contributed by atoms with Gasteiger partial charge < -0.3 is 10.0 Å². The molecule has 3 atom stereocenters. The number of carboxylic acid groups (broad SMARTS) is 1. The van der Waals surface area contributed by atoms with Crippen molar-refractivity contribution in [1.29, 1.82) is 0 Å². The summed E-state index contributed by atoms with van der Waals surface area (Å²) in [6.45, 7) is 3.99. The van der Waals surface area contributed by atoms with E-state index in [4.69, 9.17) is 5.11 Å². The molecule has 0 aromatic rings. The van der Waals surface area contributed by atoms with Crippen LogP contribution in [-0.2, 0) is 9.59 Å². The van der Waals surface area contributed by atoms with Gasteiger partial charge in [-0.25, -0.2) is 0 Å². The largest absolute Gasteiger partial charge is 0.481 e. The number of rotatable bonds is 2. The average Bonchev–Trinajstić information content (AvgIpc) is 3.03. The molecule has 3 fully saturated rings. The van der Waals surface area contributed by atoms with Crippen molar-refractivity contribution in [2.75, 3.05) is 26.2 Å². The van der Waals surface area contributed by atoms with Crippen molar-refractivity contribution >= 4 is 11.9 Å². The molecule has 20 heavy (non-hydrogen) atoms. The topological polar surface area (TPSA) is 60.9 Å². The van der Waals surface area contributed by atoms with Crippen LogP contribution in [0.15, 0.2) is 0 Å². The summed E-state index contributed by atoms with van der Waals surface area (Å²) in [5.74, 6) is -0.886. The molecule has 3 unspecified atom stereocenters. The molecule has 1 N–H and O–H groups in total. The molecule has 0 aromatic heterocycles. The van der Waals surface area contributed by atoms with E-state index in [1.807, 2.05) is 4.90 Å². The number of amides is 1. The standard InChI is InChI=1S/C15H24N2O3/c18-14(11-4-5-12(9-11)15(19)20)17-8-2-7-16-6-1-3-13(16)10-17/h11-13H,1-10H2,(H,19,20). The van der Waals surface area contributed by atoms with E-state index < -0.39 is 5.97 Å². The average molecular weight is 280 g/mol. The Morgan fingerprint density at radius 1 is 0.950 bits per heavy atom. The summed E-state index contributed by atoms with van der Waals surface area (Å²) in [6.07, 6.45) is 5.45. The van der Waals surface area contributed by atoms with Gasteiger partial charge in [0.05, 0.1) is 5.92 Å². The molecule has 0 aromatic carbocycles. The second-order valence-electron chi connectivity index (χ2n) is 6.51. The minimum atomic E-state index is -0.738. The van der Waals surface area contributed by atoms with E-state index in [1.165, 1.54) is 19.4 Å². The molecule has 2 heterocycles. The molecular weight excluding hydrogens is 256 g/mol. The predicted molar refractivity (Wildman–Crippen MR) is 74.3 cm³/mol. The fourth-order valence-electron chi connectivity index (χ4n) is 4.10. The number of carbonyl (C=O) groups excluding carboxylic acids is 1. The maximum absolute atomic E-state index is 12.6. The van der Waals surface area contributed by atoms with E-state index in [9.17, 15) is 9.59 Å². The van der Waals surface area contributed by atoms with Gasteiger partial charge in [0.1, 0.15) is 0 Å². The zero-order valence-electron chi connectivity index (χ0n) is 12.0. The van der Waals surface area contributed by atoms with Crippen LogP contribution in [0.2, 0.25) is 0 Å². The quantitative estimate of drug-likeness (QED) is 0.825. The summed E-state index contributed by atoms with van der Waals surface area (Å²) in [7, 11) is 0. The molecule has 0 radical (unpaired) electrons. The minimum absolute atomic E-state index is 0.0518. The van der Waals surface area contributed by atoms with Gasteiger partial charge in [-0.05, 0) is 45.1 Å². The van der Waals surface area contributed by atoms with Crippen molar-refractivity contribution in [3.63, 3.8) is 0 Å². The van der Waals surface area contributed by atoms with E-state index in [2.05, 4.69) is 4.90 Å². The second kappa shape index (κ2) is 5.72. The number of carbonyl (C=O) groups is 2. The third kappa shape index (κ3) is 2.68. The van der Waals surface area contributed by atoms with Crippen LogP contribution in [0.4, 0.5) is 0 Å². The SMILES string of the molecule is O=C(O)C1CCC(C(=O)N2CCCN3CCCC3C2)C1. The smallest absolute Gasteiger partial charge is 0.306 e. The summed E-state index contributed by atoms with van der Waals surface area (Å²) in [4.78, 5) is 28.2. The van der Waals surface area contributed by atoms with Crippen molar-refractivity contribution in [2.45, 2.75) is 44.6 Å². The number of fused-ring (bicyclic) bond motifs is 1.